The molecule has 0 aliphatic heterocycles. The molecular formula is C31H35N7O4S. The molecule has 3 aromatic heterocycles. The third-order valence-electron chi connectivity index (χ3n) is 7.17. The van der Waals surface area contributed by atoms with Crippen molar-refractivity contribution in [1.82, 2.24) is 24.3 Å². The first-order chi connectivity index (χ1) is 20.9. The molecule has 3 heterocycles. The molecule has 0 spiro atoms. The summed E-state index contributed by atoms with van der Waals surface area (Å²) in [6, 6.07) is 13.4. The van der Waals surface area contributed by atoms with Gasteiger partial charge >= 0.3 is 5.97 Å². The molecule has 11 nitrogen and oxygen atoms in total. The normalized spacial score (nSPS) is 11.9. The van der Waals surface area contributed by atoms with Gasteiger partial charge in [0.15, 0.2) is 0 Å². The Kier molecular flexibility index (Phi) is 9.48. The molecule has 0 bridgehead atoms. The van der Waals surface area contributed by atoms with E-state index in [9.17, 15) is 9.90 Å². The Balaban J connectivity index is 1.35. The molecule has 2 aromatic carbocycles. The Labute approximate surface area is 254 Å². The van der Waals surface area contributed by atoms with Crippen molar-refractivity contribution in [3.05, 3.63) is 67.3 Å². The Bertz CT molecular complexity index is 1720. The van der Waals surface area contributed by atoms with Crippen molar-refractivity contribution in [2.75, 3.05) is 43.5 Å². The number of pyridine rings is 1. The minimum atomic E-state index is -0.900. The van der Waals surface area contributed by atoms with Gasteiger partial charge in [-0.15, -0.1) is 0 Å². The average Bonchev–Trinajstić information content (AvgIpc) is 3.64. The fraction of sp³-hybridized carbons (Fsp3) is 0.290. The van der Waals surface area contributed by atoms with Crippen LogP contribution in [0.4, 0.5) is 17.5 Å². The molecular weight excluding hydrogens is 566 g/mol. The van der Waals surface area contributed by atoms with Crippen molar-refractivity contribution in [2.24, 2.45) is 7.05 Å². The molecule has 0 saturated heterocycles. The topological polar surface area (TPSA) is 128 Å². The number of aliphatic carboxylic acids is 1. The number of anilines is 3. The average molecular weight is 602 g/mol. The summed E-state index contributed by atoms with van der Waals surface area (Å²) >= 11 is 1.61. The van der Waals surface area contributed by atoms with Crippen LogP contribution in [-0.4, -0.2) is 74.3 Å². The number of thioether (sulfide) groups is 1. The fourth-order valence-corrected chi connectivity index (χ4v) is 5.23. The van der Waals surface area contributed by atoms with E-state index in [0.29, 0.717) is 37.1 Å². The number of hydrogen-bond donors (Lipinski definition) is 3. The Hall–Kier alpha value is -4.55. The number of fused-ring (bicyclic) bond motifs is 1. The molecule has 5 aromatic rings. The molecule has 0 radical (unpaired) electrons. The van der Waals surface area contributed by atoms with Crippen LogP contribution in [0.3, 0.4) is 0 Å². The van der Waals surface area contributed by atoms with E-state index in [4.69, 9.17) is 9.47 Å². The number of carbonyl (C=O) groups is 1. The van der Waals surface area contributed by atoms with Crippen molar-refractivity contribution < 1.29 is 19.4 Å². The van der Waals surface area contributed by atoms with E-state index in [1.165, 1.54) is 0 Å². The number of carboxylic acid groups (broad SMARTS) is 1. The molecule has 1 atom stereocenters. The van der Waals surface area contributed by atoms with E-state index in [-0.39, 0.29) is 0 Å². The predicted molar refractivity (Wildman–Crippen MR) is 171 cm³/mol. The minimum absolute atomic E-state index is 0.492. The van der Waals surface area contributed by atoms with Crippen LogP contribution >= 0.6 is 11.8 Å². The summed E-state index contributed by atoms with van der Waals surface area (Å²) in [4.78, 5) is 20.8. The van der Waals surface area contributed by atoms with Crippen molar-refractivity contribution >= 4 is 46.0 Å². The standard InChI is InChI=1S/C31H35N7O4S/c1-37-27(18-33-31(37)36-26(30(39)40)9-12-43-4)21-7-8-25(28(14-21)42-3)35-29-15-23-13-20(5-6-22(23)16-32-29)24-17-34-38(19-24)10-11-41-2/h5-8,13-19,26H,9-12H2,1-4H3,(H,32,35)(H,33,36)(H,39,40)/t26-/m0/s1. The van der Waals surface area contributed by atoms with Crippen molar-refractivity contribution in [1.29, 1.82) is 0 Å². The number of methoxy groups -OCH3 is 2. The first kappa shape index (κ1) is 29.9. The second kappa shape index (κ2) is 13.6. The molecule has 0 amide bonds. The van der Waals surface area contributed by atoms with Crippen LogP contribution in [0.5, 0.6) is 5.75 Å². The van der Waals surface area contributed by atoms with E-state index in [0.717, 1.165) is 44.6 Å². The monoisotopic (exact) mass is 601 g/mol. The van der Waals surface area contributed by atoms with E-state index in [1.54, 1.807) is 32.2 Å². The highest BCUT2D eigenvalue weighted by Gasteiger charge is 2.20. The summed E-state index contributed by atoms with van der Waals surface area (Å²) < 4.78 is 14.6. The van der Waals surface area contributed by atoms with Crippen LogP contribution in [0.2, 0.25) is 0 Å². The second-order valence-electron chi connectivity index (χ2n) is 10.00. The van der Waals surface area contributed by atoms with E-state index in [2.05, 4.69) is 43.9 Å². The lowest BCUT2D eigenvalue weighted by Gasteiger charge is -2.16. The maximum Gasteiger partial charge on any atom is 0.326 e. The number of nitrogens with one attached hydrogen (secondary N) is 2. The quantitative estimate of drug-likeness (QED) is 0.150. The lowest BCUT2D eigenvalue weighted by molar-refractivity contribution is -0.137. The molecule has 0 unspecified atom stereocenters. The Morgan fingerprint density at radius 1 is 1.02 bits per heavy atom. The molecule has 0 saturated carbocycles. The predicted octanol–water partition coefficient (Wildman–Crippen LogP) is 5.52. The highest BCUT2D eigenvalue weighted by atomic mass is 32.2. The zero-order chi connectivity index (χ0) is 30.3. The minimum Gasteiger partial charge on any atom is -0.495 e. The van der Waals surface area contributed by atoms with Gasteiger partial charge in [0.05, 0.1) is 44.0 Å². The summed E-state index contributed by atoms with van der Waals surface area (Å²) in [7, 11) is 5.16. The van der Waals surface area contributed by atoms with Crippen LogP contribution < -0.4 is 15.4 Å². The molecule has 43 heavy (non-hydrogen) atoms. The number of hydrogen-bond acceptors (Lipinski definition) is 9. The summed E-state index contributed by atoms with van der Waals surface area (Å²) in [5, 5.41) is 22.6. The number of ether oxygens (including phenoxy) is 2. The largest absolute Gasteiger partial charge is 0.495 e. The number of imidazole rings is 1. The maximum absolute atomic E-state index is 11.7. The molecule has 0 fully saturated rings. The van der Waals surface area contributed by atoms with Gasteiger partial charge in [0.2, 0.25) is 5.95 Å². The first-order valence-corrected chi connectivity index (χ1v) is 15.2. The third-order valence-corrected chi connectivity index (χ3v) is 7.82. The lowest BCUT2D eigenvalue weighted by atomic mass is 10.0. The number of rotatable bonds is 14. The first-order valence-electron chi connectivity index (χ1n) is 13.8. The van der Waals surface area contributed by atoms with Crippen LogP contribution in [0.1, 0.15) is 6.42 Å². The van der Waals surface area contributed by atoms with Crippen LogP contribution in [0.15, 0.2) is 67.3 Å². The van der Waals surface area contributed by atoms with Gasteiger partial charge in [0.1, 0.15) is 17.6 Å². The Morgan fingerprint density at radius 3 is 2.63 bits per heavy atom. The number of carboxylic acids is 1. The zero-order valence-electron chi connectivity index (χ0n) is 24.6. The maximum atomic E-state index is 11.7. The van der Waals surface area contributed by atoms with Gasteiger partial charge < -0.3 is 29.8 Å². The Morgan fingerprint density at radius 2 is 1.86 bits per heavy atom. The summed E-state index contributed by atoms with van der Waals surface area (Å²) in [6.07, 6.45) is 9.90. The zero-order valence-corrected chi connectivity index (χ0v) is 25.4. The van der Waals surface area contributed by atoms with Crippen molar-refractivity contribution in [2.45, 2.75) is 19.0 Å². The van der Waals surface area contributed by atoms with Gasteiger partial charge in [-0.3, -0.25) is 4.68 Å². The van der Waals surface area contributed by atoms with Gasteiger partial charge in [0.25, 0.3) is 0 Å². The van der Waals surface area contributed by atoms with Gasteiger partial charge in [-0.05, 0) is 53.6 Å². The number of benzene rings is 2. The molecule has 0 aliphatic carbocycles. The highest BCUT2D eigenvalue weighted by Crippen LogP contribution is 2.34. The summed E-state index contributed by atoms with van der Waals surface area (Å²) in [6.45, 7) is 1.31. The van der Waals surface area contributed by atoms with Crippen LogP contribution in [0, 0.1) is 0 Å². The van der Waals surface area contributed by atoms with E-state index >= 15 is 0 Å². The SMILES string of the molecule is COCCn1cc(-c2ccc3cnc(Nc4ccc(-c5cnc(N[C@@H](CCSC)C(=O)O)n5C)cc4OC)cc3c2)cn1. The third kappa shape index (κ3) is 6.92. The number of aromatic nitrogens is 5. The molecule has 0 aliphatic rings. The molecule has 12 heteroatoms. The van der Waals surface area contributed by atoms with Crippen LogP contribution in [0.25, 0.3) is 33.2 Å². The second-order valence-corrected chi connectivity index (χ2v) is 11.0. The number of nitrogens with zero attached hydrogens (tertiary/aromatic N) is 5. The van der Waals surface area contributed by atoms with E-state index in [1.807, 2.05) is 65.4 Å². The van der Waals surface area contributed by atoms with Gasteiger partial charge in [-0.25, -0.2) is 14.8 Å². The smallest absolute Gasteiger partial charge is 0.326 e. The van der Waals surface area contributed by atoms with E-state index < -0.39 is 12.0 Å². The van der Waals surface area contributed by atoms with Gasteiger partial charge in [-0.1, -0.05) is 18.2 Å². The van der Waals surface area contributed by atoms with Crippen LogP contribution in [-0.2, 0) is 23.1 Å². The highest BCUT2D eigenvalue weighted by molar-refractivity contribution is 7.98. The lowest BCUT2D eigenvalue weighted by Crippen LogP contribution is -2.31. The summed E-state index contributed by atoms with van der Waals surface area (Å²) in [5.74, 6) is 1.65. The molecule has 224 valence electrons. The van der Waals surface area contributed by atoms with Crippen molar-refractivity contribution in [3.8, 4) is 28.1 Å². The summed E-state index contributed by atoms with van der Waals surface area (Å²) in [5.41, 5.74) is 4.57. The van der Waals surface area contributed by atoms with Crippen molar-refractivity contribution in [3.63, 3.8) is 0 Å². The van der Waals surface area contributed by atoms with Gasteiger partial charge in [0, 0.05) is 43.1 Å². The van der Waals surface area contributed by atoms with Gasteiger partial charge in [-0.2, -0.15) is 16.9 Å². The molecule has 5 rings (SSSR count). The fourth-order valence-electron chi connectivity index (χ4n) is 4.76. The molecule has 3 N–H and O–H groups in total.